The SMILES string of the molecule is C=C[C@@H]1C[C@@]1(NC(=O)[C@@H]1C[C@@H](n2nc(-c3ccc(OC)cc3)c(-c3nccs3)n2)CN1C(=O)[C@@H](NC(=O)N1CCCC1)C(C)(C)C)C(=O)NS(=O)(=O)C1CC1. The second kappa shape index (κ2) is 14.7. The van der Waals surface area contributed by atoms with Crippen molar-refractivity contribution in [2.24, 2.45) is 11.3 Å². The maximum Gasteiger partial charge on any atom is 0.318 e. The maximum absolute atomic E-state index is 14.7. The standard InChI is InChI=1S/C37H47N9O7S2/c1-6-23-20-37(23,34(49)43-55(51,52)26-13-14-26)40-31(47)27-19-24(21-45(27)33(48)30(36(2,3)4)39-35(50)44-16-7-8-17-44)46-41-28(22-9-11-25(53-5)12-10-22)29(42-46)32-38-15-18-54-32/h6,9-12,15,18,23-24,26-27,30H,1,7-8,13-14,16-17,19-21H2,2-5H3,(H,39,50)(H,40,47)(H,43,49)/t23-,24-,27+,30-,37+/m1/s1. The highest BCUT2D eigenvalue weighted by atomic mass is 32.2. The van der Waals surface area contributed by atoms with Crippen LogP contribution in [0.4, 0.5) is 4.79 Å². The average molecular weight is 794 g/mol. The van der Waals surface area contributed by atoms with Crippen molar-refractivity contribution < 1.29 is 32.3 Å². The monoisotopic (exact) mass is 793 g/mol. The van der Waals surface area contributed by atoms with Crippen LogP contribution in [0.25, 0.3) is 22.0 Å². The van der Waals surface area contributed by atoms with Crippen LogP contribution >= 0.6 is 11.3 Å². The molecule has 4 fully saturated rings. The highest BCUT2D eigenvalue weighted by Crippen LogP contribution is 2.46. The highest BCUT2D eigenvalue weighted by Gasteiger charge is 2.62. The Labute approximate surface area is 324 Å². The van der Waals surface area contributed by atoms with Gasteiger partial charge in [-0.15, -0.1) is 23.0 Å². The van der Waals surface area contributed by atoms with E-state index >= 15 is 0 Å². The number of sulfonamides is 1. The number of nitrogens with zero attached hydrogens (tertiary/aromatic N) is 6. The third kappa shape index (κ3) is 7.70. The van der Waals surface area contributed by atoms with Gasteiger partial charge in [0, 0.05) is 49.1 Å². The third-order valence-corrected chi connectivity index (χ3v) is 13.4. The van der Waals surface area contributed by atoms with Crippen molar-refractivity contribution in [3.05, 3.63) is 48.5 Å². The lowest BCUT2D eigenvalue weighted by molar-refractivity contribution is -0.142. The Morgan fingerprint density at radius 3 is 2.35 bits per heavy atom. The lowest BCUT2D eigenvalue weighted by Crippen LogP contribution is -2.61. The molecular formula is C37H47N9O7S2. The predicted molar refractivity (Wildman–Crippen MR) is 204 cm³/mol. The Morgan fingerprint density at radius 2 is 1.76 bits per heavy atom. The number of benzene rings is 1. The fourth-order valence-corrected chi connectivity index (χ4v) is 9.34. The van der Waals surface area contributed by atoms with E-state index in [1.807, 2.05) is 50.4 Å². The number of thiazole rings is 1. The van der Waals surface area contributed by atoms with E-state index in [0.29, 0.717) is 48.1 Å². The van der Waals surface area contributed by atoms with Crippen LogP contribution in [-0.2, 0) is 24.4 Å². The number of hydrogen-bond acceptors (Lipinski definition) is 11. The summed E-state index contributed by atoms with van der Waals surface area (Å²) in [5, 5.41) is 17.4. The van der Waals surface area contributed by atoms with Gasteiger partial charge in [-0.3, -0.25) is 19.1 Å². The normalized spacial score (nSPS) is 24.3. The van der Waals surface area contributed by atoms with Crippen molar-refractivity contribution in [3.8, 4) is 27.7 Å². The van der Waals surface area contributed by atoms with Gasteiger partial charge in [-0.05, 0) is 61.8 Å². The van der Waals surface area contributed by atoms with Gasteiger partial charge in [0.1, 0.15) is 39.8 Å². The number of amides is 5. The van der Waals surface area contributed by atoms with Crippen LogP contribution in [0.5, 0.6) is 5.75 Å². The minimum Gasteiger partial charge on any atom is -0.497 e. The van der Waals surface area contributed by atoms with Gasteiger partial charge in [0.25, 0.3) is 5.91 Å². The second-order valence-corrected chi connectivity index (χ2v) is 18.7. The molecule has 5 atom stereocenters. The first-order valence-corrected chi connectivity index (χ1v) is 21.0. The topological polar surface area (TPSA) is 198 Å². The molecule has 4 heterocycles. The Bertz CT molecular complexity index is 2070. The summed E-state index contributed by atoms with van der Waals surface area (Å²) in [5.74, 6) is -1.80. The van der Waals surface area contributed by atoms with Crippen LogP contribution < -0.4 is 20.1 Å². The van der Waals surface area contributed by atoms with Gasteiger partial charge in [-0.1, -0.05) is 26.8 Å². The molecule has 7 rings (SSSR count). The van der Waals surface area contributed by atoms with Crippen molar-refractivity contribution in [2.75, 3.05) is 26.7 Å². The molecule has 294 valence electrons. The minimum atomic E-state index is -3.90. The Hall–Kier alpha value is -4.84. The lowest BCUT2D eigenvalue weighted by atomic mass is 9.85. The minimum absolute atomic E-state index is 0.0112. The molecule has 18 heteroatoms. The van der Waals surface area contributed by atoms with Crippen LogP contribution in [0.1, 0.15) is 65.3 Å². The Balaban J connectivity index is 1.22. The molecule has 2 saturated carbocycles. The number of carbonyl (C=O) groups excluding carboxylic acids is 4. The molecule has 3 N–H and O–H groups in total. The van der Waals surface area contributed by atoms with Crippen molar-refractivity contribution in [3.63, 3.8) is 0 Å². The smallest absolute Gasteiger partial charge is 0.318 e. The number of carbonyl (C=O) groups is 4. The number of ether oxygens (including phenoxy) is 1. The summed E-state index contributed by atoms with van der Waals surface area (Å²) in [6.07, 6.45) is 6.08. The first kappa shape index (κ1) is 38.4. The summed E-state index contributed by atoms with van der Waals surface area (Å²) in [6, 6.07) is 4.26. The first-order chi connectivity index (χ1) is 26.1. The molecule has 4 aliphatic rings. The average Bonchev–Trinajstić information content (AvgIpc) is 3.72. The summed E-state index contributed by atoms with van der Waals surface area (Å²) in [7, 11) is -2.32. The molecule has 0 bridgehead atoms. The summed E-state index contributed by atoms with van der Waals surface area (Å²) < 4.78 is 33.1. The number of nitrogens with one attached hydrogen (secondary N) is 3. The van der Waals surface area contributed by atoms with Crippen LogP contribution in [0.2, 0.25) is 0 Å². The van der Waals surface area contributed by atoms with E-state index in [4.69, 9.17) is 14.9 Å². The van der Waals surface area contributed by atoms with Gasteiger partial charge < -0.3 is 25.2 Å². The molecular weight excluding hydrogens is 747 g/mol. The number of methoxy groups -OCH3 is 1. The van der Waals surface area contributed by atoms with E-state index in [0.717, 1.165) is 18.4 Å². The number of urea groups is 1. The molecule has 0 spiro atoms. The van der Waals surface area contributed by atoms with Crippen molar-refractivity contribution in [1.82, 2.24) is 45.1 Å². The molecule has 2 aliphatic heterocycles. The zero-order valence-corrected chi connectivity index (χ0v) is 33.0. The number of aromatic nitrogens is 4. The summed E-state index contributed by atoms with van der Waals surface area (Å²) in [6.45, 7) is 10.5. The quantitative estimate of drug-likeness (QED) is 0.229. The molecule has 16 nitrogen and oxygen atoms in total. The van der Waals surface area contributed by atoms with Crippen molar-refractivity contribution in [1.29, 1.82) is 0 Å². The molecule has 2 aromatic heterocycles. The number of likely N-dealkylation sites (tertiary alicyclic amines) is 2. The molecule has 5 amide bonds. The van der Waals surface area contributed by atoms with E-state index in [2.05, 4.69) is 26.9 Å². The van der Waals surface area contributed by atoms with E-state index in [-0.39, 0.29) is 25.4 Å². The van der Waals surface area contributed by atoms with Crippen LogP contribution in [-0.4, -0.2) is 112 Å². The van der Waals surface area contributed by atoms with Crippen LogP contribution in [0.3, 0.4) is 0 Å². The Kier molecular flexibility index (Phi) is 10.3. The van der Waals surface area contributed by atoms with Gasteiger partial charge in [-0.25, -0.2) is 18.2 Å². The van der Waals surface area contributed by atoms with Gasteiger partial charge in [-0.2, -0.15) is 9.90 Å². The fourth-order valence-electron chi connectivity index (χ4n) is 7.35. The Morgan fingerprint density at radius 1 is 1.07 bits per heavy atom. The van der Waals surface area contributed by atoms with Gasteiger partial charge in [0.15, 0.2) is 0 Å². The van der Waals surface area contributed by atoms with Crippen molar-refractivity contribution in [2.45, 2.75) is 88.2 Å². The third-order valence-electron chi connectivity index (χ3n) is 10.8. The molecule has 1 aromatic carbocycles. The van der Waals surface area contributed by atoms with E-state index < -0.39 is 68.0 Å². The van der Waals surface area contributed by atoms with E-state index in [1.165, 1.54) is 27.1 Å². The largest absolute Gasteiger partial charge is 0.497 e. The number of rotatable bonds is 12. The summed E-state index contributed by atoms with van der Waals surface area (Å²) >= 11 is 1.40. The summed E-state index contributed by atoms with van der Waals surface area (Å²) in [5.41, 5.74) is -0.473. The fraction of sp³-hybridized carbons (Fsp3) is 0.541. The highest BCUT2D eigenvalue weighted by molar-refractivity contribution is 7.91. The van der Waals surface area contributed by atoms with E-state index in [9.17, 15) is 27.6 Å². The molecule has 2 saturated heterocycles. The van der Waals surface area contributed by atoms with E-state index in [1.54, 1.807) is 18.2 Å². The maximum atomic E-state index is 14.7. The molecule has 2 aliphatic carbocycles. The summed E-state index contributed by atoms with van der Waals surface area (Å²) in [4.78, 5) is 65.3. The molecule has 0 unspecified atom stereocenters. The predicted octanol–water partition coefficient (Wildman–Crippen LogP) is 3.11. The molecule has 55 heavy (non-hydrogen) atoms. The van der Waals surface area contributed by atoms with Crippen LogP contribution in [0.15, 0.2) is 48.5 Å². The first-order valence-electron chi connectivity index (χ1n) is 18.5. The number of hydrogen-bond donors (Lipinski definition) is 3. The lowest BCUT2D eigenvalue weighted by Gasteiger charge is -2.36. The van der Waals surface area contributed by atoms with Gasteiger partial charge >= 0.3 is 6.03 Å². The molecule has 0 radical (unpaired) electrons. The zero-order valence-electron chi connectivity index (χ0n) is 31.4. The molecule has 3 aromatic rings. The van der Waals surface area contributed by atoms with Crippen LogP contribution in [0, 0.1) is 11.3 Å². The zero-order chi connectivity index (χ0) is 39.3. The van der Waals surface area contributed by atoms with Gasteiger partial charge in [0.05, 0.1) is 18.4 Å². The van der Waals surface area contributed by atoms with Crippen molar-refractivity contribution >= 4 is 45.1 Å². The second-order valence-electron chi connectivity index (χ2n) is 15.8. The van der Waals surface area contributed by atoms with Gasteiger partial charge in [0.2, 0.25) is 21.8 Å².